The van der Waals surface area contributed by atoms with E-state index in [0.29, 0.717) is 17.4 Å². The number of piperazine rings is 1. The van der Waals surface area contributed by atoms with Gasteiger partial charge in [-0.15, -0.1) is 0 Å². The van der Waals surface area contributed by atoms with Crippen LogP contribution in [0.2, 0.25) is 0 Å². The van der Waals surface area contributed by atoms with Crippen LogP contribution in [-0.2, 0) is 0 Å². The van der Waals surface area contributed by atoms with Crippen LogP contribution in [0.3, 0.4) is 0 Å². The van der Waals surface area contributed by atoms with Crippen molar-refractivity contribution in [3.8, 4) is 16.9 Å². The van der Waals surface area contributed by atoms with E-state index < -0.39 is 0 Å². The predicted molar refractivity (Wildman–Crippen MR) is 124 cm³/mol. The zero-order valence-corrected chi connectivity index (χ0v) is 17.5. The van der Waals surface area contributed by atoms with Crippen LogP contribution >= 0.6 is 0 Å². The van der Waals surface area contributed by atoms with Crippen molar-refractivity contribution in [1.29, 1.82) is 0 Å². The van der Waals surface area contributed by atoms with Gasteiger partial charge in [0.2, 0.25) is 0 Å². The standard InChI is InChI=1S/C24H28N4O3/c29-16-15-28-13-11-27(12-14-28)10-9-25-17-21-23(30)20-8-4-7-19(22(20)26-24(21)31)18-5-2-1-3-6-18/h1-8,17,29H,9-16H2,(H2,26,30,31). The number of nitrogens with one attached hydrogen (secondary N) is 1. The molecule has 162 valence electrons. The highest BCUT2D eigenvalue weighted by atomic mass is 16.3. The molecule has 3 N–H and O–H groups in total. The molecule has 7 heteroatoms. The van der Waals surface area contributed by atoms with Gasteiger partial charge in [-0.1, -0.05) is 42.5 Å². The number of hydrogen-bond acceptors (Lipinski definition) is 6. The number of β-amino-alcohol motifs (C(OH)–C–C–N with tert-alkyl or cyclic N) is 1. The van der Waals surface area contributed by atoms with Gasteiger partial charge in [0.25, 0.3) is 5.56 Å². The number of nitrogens with zero attached hydrogens (tertiary/aromatic N) is 3. The number of fused-ring (bicyclic) bond motifs is 1. The summed E-state index contributed by atoms with van der Waals surface area (Å²) in [5.41, 5.74) is 2.30. The Kier molecular flexibility index (Phi) is 6.76. The van der Waals surface area contributed by atoms with E-state index >= 15 is 0 Å². The molecule has 1 aliphatic heterocycles. The number of pyridine rings is 1. The lowest BCUT2D eigenvalue weighted by Crippen LogP contribution is -2.47. The lowest BCUT2D eigenvalue weighted by molar-refractivity contribution is 0.115. The Morgan fingerprint density at radius 2 is 1.68 bits per heavy atom. The maximum absolute atomic E-state index is 12.7. The summed E-state index contributed by atoms with van der Waals surface area (Å²) in [6.07, 6.45) is 1.48. The van der Waals surface area contributed by atoms with Gasteiger partial charge in [-0.3, -0.25) is 19.6 Å². The molecule has 0 aliphatic carbocycles. The summed E-state index contributed by atoms with van der Waals surface area (Å²) >= 11 is 0. The number of aliphatic imine (C=N–C) groups is 1. The third-order valence-corrected chi connectivity index (χ3v) is 5.79. The van der Waals surface area contributed by atoms with Crippen LogP contribution in [0.1, 0.15) is 5.56 Å². The smallest absolute Gasteiger partial charge is 0.261 e. The fourth-order valence-electron chi connectivity index (χ4n) is 4.03. The summed E-state index contributed by atoms with van der Waals surface area (Å²) in [6, 6.07) is 15.4. The molecule has 4 rings (SSSR count). The average Bonchev–Trinajstić information content (AvgIpc) is 2.80. The van der Waals surface area contributed by atoms with E-state index in [1.165, 1.54) is 6.21 Å². The van der Waals surface area contributed by atoms with Crippen LogP contribution in [0, 0.1) is 0 Å². The van der Waals surface area contributed by atoms with Crippen molar-refractivity contribution in [3.63, 3.8) is 0 Å². The molecule has 7 nitrogen and oxygen atoms in total. The summed E-state index contributed by atoms with van der Waals surface area (Å²) < 4.78 is 0. The van der Waals surface area contributed by atoms with E-state index in [1.54, 1.807) is 6.07 Å². The zero-order chi connectivity index (χ0) is 21.6. The van der Waals surface area contributed by atoms with Crippen molar-refractivity contribution in [1.82, 2.24) is 14.8 Å². The minimum Gasteiger partial charge on any atom is -0.506 e. The third kappa shape index (κ3) is 4.85. The normalized spacial score (nSPS) is 15.8. The number of para-hydroxylation sites is 1. The highest BCUT2D eigenvalue weighted by Gasteiger charge is 2.16. The molecule has 2 heterocycles. The number of hydrogen-bond donors (Lipinski definition) is 3. The summed E-state index contributed by atoms with van der Waals surface area (Å²) in [6.45, 7) is 6.05. The number of H-pyrrole nitrogens is 1. The van der Waals surface area contributed by atoms with Crippen LogP contribution in [0.4, 0.5) is 0 Å². The van der Waals surface area contributed by atoms with Gasteiger partial charge in [-0.25, -0.2) is 0 Å². The van der Waals surface area contributed by atoms with Gasteiger partial charge in [0.15, 0.2) is 0 Å². The Balaban J connectivity index is 1.48. The summed E-state index contributed by atoms with van der Waals surface area (Å²) in [5.74, 6) is -0.0436. The molecular weight excluding hydrogens is 392 g/mol. The lowest BCUT2D eigenvalue weighted by atomic mass is 10.0. The first-order valence-electron chi connectivity index (χ1n) is 10.7. The quantitative estimate of drug-likeness (QED) is 0.508. The third-order valence-electron chi connectivity index (χ3n) is 5.79. The van der Waals surface area contributed by atoms with Crippen molar-refractivity contribution in [3.05, 3.63) is 64.4 Å². The van der Waals surface area contributed by atoms with Gasteiger partial charge >= 0.3 is 0 Å². The molecule has 0 amide bonds. The molecule has 1 saturated heterocycles. The Bertz CT molecular complexity index is 1100. The van der Waals surface area contributed by atoms with Crippen LogP contribution in [0.5, 0.6) is 5.75 Å². The van der Waals surface area contributed by atoms with Crippen LogP contribution in [0.15, 0.2) is 58.3 Å². The first-order valence-corrected chi connectivity index (χ1v) is 10.7. The molecule has 0 atom stereocenters. The molecule has 1 aromatic heterocycles. The summed E-state index contributed by atoms with van der Waals surface area (Å²) in [7, 11) is 0. The van der Waals surface area contributed by atoms with E-state index in [9.17, 15) is 9.90 Å². The fourth-order valence-corrected chi connectivity index (χ4v) is 4.03. The SMILES string of the molecule is O=c1[nH]c2c(-c3ccccc3)cccc2c(O)c1C=NCCN1CCN(CCO)CC1. The Morgan fingerprint density at radius 3 is 2.39 bits per heavy atom. The number of aromatic nitrogens is 1. The van der Waals surface area contributed by atoms with Crippen molar-refractivity contribution in [2.24, 2.45) is 4.99 Å². The van der Waals surface area contributed by atoms with E-state index in [2.05, 4.69) is 19.8 Å². The van der Waals surface area contributed by atoms with Crippen LogP contribution in [0.25, 0.3) is 22.0 Å². The molecule has 0 bridgehead atoms. The highest BCUT2D eigenvalue weighted by Crippen LogP contribution is 2.31. The van der Waals surface area contributed by atoms with Crippen molar-refractivity contribution in [2.75, 3.05) is 52.4 Å². The van der Waals surface area contributed by atoms with Gasteiger partial charge < -0.3 is 15.2 Å². The van der Waals surface area contributed by atoms with Crippen LogP contribution in [-0.4, -0.2) is 83.6 Å². The second-order valence-corrected chi connectivity index (χ2v) is 7.75. The molecule has 31 heavy (non-hydrogen) atoms. The number of aliphatic hydroxyl groups is 1. The monoisotopic (exact) mass is 420 g/mol. The summed E-state index contributed by atoms with van der Waals surface area (Å²) in [5, 5.41) is 20.4. The maximum atomic E-state index is 12.7. The average molecular weight is 421 g/mol. The number of benzene rings is 2. The second kappa shape index (κ2) is 9.87. The topological polar surface area (TPSA) is 92.2 Å². The van der Waals surface area contributed by atoms with Gasteiger partial charge in [0.05, 0.1) is 24.2 Å². The molecule has 0 spiro atoms. The zero-order valence-electron chi connectivity index (χ0n) is 17.5. The number of aromatic hydroxyl groups is 1. The number of aromatic amines is 1. The minimum absolute atomic E-state index is 0.0436. The van der Waals surface area contributed by atoms with Gasteiger partial charge in [-0.2, -0.15) is 0 Å². The number of aliphatic hydroxyl groups excluding tert-OH is 1. The van der Waals surface area contributed by atoms with E-state index in [0.717, 1.165) is 50.4 Å². The molecule has 1 aliphatic rings. The lowest BCUT2D eigenvalue weighted by Gasteiger charge is -2.33. The molecular formula is C24H28N4O3. The first kappa shape index (κ1) is 21.2. The molecule has 3 aromatic rings. The second-order valence-electron chi connectivity index (χ2n) is 7.75. The largest absolute Gasteiger partial charge is 0.506 e. The van der Waals surface area contributed by atoms with Crippen molar-refractivity contribution >= 4 is 17.1 Å². The van der Waals surface area contributed by atoms with Crippen LogP contribution < -0.4 is 5.56 Å². The van der Waals surface area contributed by atoms with Gasteiger partial charge in [-0.05, 0) is 11.6 Å². The molecule has 1 fully saturated rings. The maximum Gasteiger partial charge on any atom is 0.261 e. The predicted octanol–water partition coefficient (Wildman–Crippen LogP) is 1.93. The van der Waals surface area contributed by atoms with Gasteiger partial charge in [0, 0.05) is 56.4 Å². The summed E-state index contributed by atoms with van der Waals surface area (Å²) in [4.78, 5) is 24.6. The molecule has 2 aromatic carbocycles. The molecule has 0 saturated carbocycles. The van der Waals surface area contributed by atoms with E-state index in [-0.39, 0.29) is 23.5 Å². The van der Waals surface area contributed by atoms with E-state index in [4.69, 9.17) is 5.11 Å². The van der Waals surface area contributed by atoms with Crippen molar-refractivity contribution < 1.29 is 10.2 Å². The fraction of sp³-hybridized carbons (Fsp3) is 0.333. The molecule has 0 radical (unpaired) electrons. The Hall–Kier alpha value is -3.00. The van der Waals surface area contributed by atoms with E-state index in [1.807, 2.05) is 42.5 Å². The Labute approximate surface area is 181 Å². The Morgan fingerprint density at radius 1 is 0.968 bits per heavy atom. The molecule has 0 unspecified atom stereocenters. The highest BCUT2D eigenvalue weighted by molar-refractivity contribution is 6.01. The first-order chi connectivity index (χ1) is 15.2. The number of rotatable bonds is 7. The van der Waals surface area contributed by atoms with Crippen molar-refractivity contribution in [2.45, 2.75) is 0 Å². The van der Waals surface area contributed by atoms with Gasteiger partial charge in [0.1, 0.15) is 5.75 Å². The minimum atomic E-state index is -0.352.